The van der Waals surface area contributed by atoms with Crippen molar-refractivity contribution in [1.82, 2.24) is 10.1 Å². The predicted octanol–water partition coefficient (Wildman–Crippen LogP) is 3.05. The lowest BCUT2D eigenvalue weighted by atomic mass is 10.1. The number of nitrogens with zero attached hydrogens (tertiary/aromatic N) is 2. The van der Waals surface area contributed by atoms with Crippen LogP contribution in [0.15, 0.2) is 53.1 Å². The molecule has 3 rings (SSSR count). The number of rotatable bonds is 3. The van der Waals surface area contributed by atoms with Gasteiger partial charge in [-0.05, 0) is 23.8 Å². The molecule has 2 N–H and O–H groups in total. The van der Waals surface area contributed by atoms with Gasteiger partial charge in [-0.3, -0.25) is 0 Å². The number of nitrogens with two attached hydrogens (primary N) is 1. The van der Waals surface area contributed by atoms with E-state index >= 15 is 0 Å². The maximum absolute atomic E-state index is 13.7. The van der Waals surface area contributed by atoms with Crippen molar-refractivity contribution in [2.45, 2.75) is 6.42 Å². The van der Waals surface area contributed by atoms with Gasteiger partial charge in [-0.2, -0.15) is 4.98 Å². The molecule has 0 amide bonds. The van der Waals surface area contributed by atoms with Gasteiger partial charge in [-0.25, -0.2) is 4.39 Å². The minimum absolute atomic E-state index is 0.140. The lowest BCUT2D eigenvalue weighted by molar-refractivity contribution is 0.421. The molecule has 0 saturated carbocycles. The van der Waals surface area contributed by atoms with Crippen molar-refractivity contribution in [3.05, 3.63) is 65.7 Å². The number of benzene rings is 2. The first-order chi connectivity index (χ1) is 9.72. The molecular weight excluding hydrogens is 257 g/mol. The van der Waals surface area contributed by atoms with Crippen LogP contribution in [0.4, 0.5) is 10.1 Å². The van der Waals surface area contributed by atoms with E-state index in [1.165, 1.54) is 18.2 Å². The summed E-state index contributed by atoms with van der Waals surface area (Å²) in [6, 6.07) is 14.0. The second-order valence-electron chi connectivity index (χ2n) is 4.42. The van der Waals surface area contributed by atoms with Gasteiger partial charge in [-0.15, -0.1) is 0 Å². The molecule has 0 saturated heterocycles. The van der Waals surface area contributed by atoms with Crippen molar-refractivity contribution in [3.63, 3.8) is 0 Å². The van der Waals surface area contributed by atoms with Crippen LogP contribution < -0.4 is 5.73 Å². The summed E-state index contributed by atoms with van der Waals surface area (Å²) < 4.78 is 18.8. The molecule has 3 aromatic rings. The highest BCUT2D eigenvalue weighted by Gasteiger charge is 2.13. The molecule has 0 aliphatic heterocycles. The topological polar surface area (TPSA) is 64.9 Å². The first-order valence-corrected chi connectivity index (χ1v) is 6.14. The largest absolute Gasteiger partial charge is 0.399 e. The molecule has 1 heterocycles. The molecule has 0 unspecified atom stereocenters. The normalized spacial score (nSPS) is 10.7. The summed E-state index contributed by atoms with van der Waals surface area (Å²) in [5.74, 6) is 0.211. The molecule has 1 aromatic heterocycles. The third-order valence-corrected chi connectivity index (χ3v) is 2.89. The zero-order chi connectivity index (χ0) is 13.9. The van der Waals surface area contributed by atoms with Crippen molar-refractivity contribution in [1.29, 1.82) is 0 Å². The Hall–Kier alpha value is -2.69. The summed E-state index contributed by atoms with van der Waals surface area (Å²) in [5.41, 5.74) is 7.37. The van der Waals surface area contributed by atoms with Gasteiger partial charge in [0.2, 0.25) is 0 Å². The maximum Gasteiger partial charge on any atom is 0.260 e. The fourth-order valence-electron chi connectivity index (χ4n) is 1.92. The molecule has 2 aromatic carbocycles. The van der Waals surface area contributed by atoms with E-state index in [0.717, 1.165) is 5.56 Å². The molecule has 0 fully saturated rings. The summed E-state index contributed by atoms with van der Waals surface area (Å²) >= 11 is 0. The van der Waals surface area contributed by atoms with Crippen LogP contribution in [0.3, 0.4) is 0 Å². The molecule has 4 nitrogen and oxygen atoms in total. The SMILES string of the molecule is Nc1ccc(F)c(-c2nc(Cc3ccccc3)no2)c1. The monoisotopic (exact) mass is 269 g/mol. The van der Waals surface area contributed by atoms with E-state index < -0.39 is 5.82 Å². The lowest BCUT2D eigenvalue weighted by Gasteiger charge is -1.98. The van der Waals surface area contributed by atoms with Gasteiger partial charge in [0.1, 0.15) is 5.82 Å². The van der Waals surface area contributed by atoms with E-state index in [2.05, 4.69) is 10.1 Å². The quantitative estimate of drug-likeness (QED) is 0.742. The Morgan fingerprint density at radius 3 is 2.70 bits per heavy atom. The molecule has 100 valence electrons. The van der Waals surface area contributed by atoms with Crippen LogP contribution in [0.5, 0.6) is 0 Å². The molecule has 5 heteroatoms. The molecule has 20 heavy (non-hydrogen) atoms. The lowest BCUT2D eigenvalue weighted by Crippen LogP contribution is -1.92. The van der Waals surface area contributed by atoms with Crippen LogP contribution in [0.25, 0.3) is 11.5 Å². The Morgan fingerprint density at radius 1 is 1.10 bits per heavy atom. The van der Waals surface area contributed by atoms with Crippen molar-refractivity contribution in [3.8, 4) is 11.5 Å². The van der Waals surface area contributed by atoms with Crippen LogP contribution >= 0.6 is 0 Å². The summed E-state index contributed by atoms with van der Waals surface area (Å²) in [6.07, 6.45) is 0.536. The van der Waals surface area contributed by atoms with Gasteiger partial charge in [0.05, 0.1) is 5.56 Å². The molecule has 0 spiro atoms. The van der Waals surface area contributed by atoms with E-state index in [1.807, 2.05) is 30.3 Å². The Kier molecular flexibility index (Phi) is 3.16. The number of hydrogen-bond donors (Lipinski definition) is 1. The predicted molar refractivity (Wildman–Crippen MR) is 73.4 cm³/mol. The van der Waals surface area contributed by atoms with Crippen LogP contribution in [0.2, 0.25) is 0 Å². The molecule has 0 atom stereocenters. The van der Waals surface area contributed by atoms with Crippen molar-refractivity contribution in [2.24, 2.45) is 0 Å². The van der Waals surface area contributed by atoms with Gasteiger partial charge in [0, 0.05) is 12.1 Å². The third-order valence-electron chi connectivity index (χ3n) is 2.89. The number of halogens is 1. The van der Waals surface area contributed by atoms with E-state index in [9.17, 15) is 4.39 Å². The molecule has 0 radical (unpaired) electrons. The number of anilines is 1. The molecule has 0 aliphatic rings. The second-order valence-corrected chi connectivity index (χ2v) is 4.42. The van der Waals surface area contributed by atoms with Gasteiger partial charge >= 0.3 is 0 Å². The highest BCUT2D eigenvalue weighted by atomic mass is 19.1. The van der Waals surface area contributed by atoms with E-state index in [1.54, 1.807) is 0 Å². The van der Waals surface area contributed by atoms with Gasteiger partial charge in [-0.1, -0.05) is 35.5 Å². The maximum atomic E-state index is 13.7. The van der Waals surface area contributed by atoms with Crippen molar-refractivity contribution in [2.75, 3.05) is 5.73 Å². The summed E-state index contributed by atoms with van der Waals surface area (Å²) in [5, 5.41) is 3.87. The van der Waals surface area contributed by atoms with Crippen molar-refractivity contribution < 1.29 is 8.91 Å². The highest BCUT2D eigenvalue weighted by molar-refractivity contribution is 5.60. The Balaban J connectivity index is 1.88. The summed E-state index contributed by atoms with van der Waals surface area (Å²) in [7, 11) is 0. The fourth-order valence-corrected chi connectivity index (χ4v) is 1.92. The average Bonchev–Trinajstić information content (AvgIpc) is 2.91. The van der Waals surface area contributed by atoms with Gasteiger partial charge in [0.25, 0.3) is 5.89 Å². The fraction of sp³-hybridized carbons (Fsp3) is 0.0667. The van der Waals surface area contributed by atoms with Crippen LogP contribution in [-0.2, 0) is 6.42 Å². The second kappa shape index (κ2) is 5.13. The molecule has 0 aliphatic carbocycles. The molecule has 0 bridgehead atoms. The first kappa shape index (κ1) is 12.3. The Labute approximate surface area is 115 Å². The van der Waals surface area contributed by atoms with Crippen LogP contribution in [-0.4, -0.2) is 10.1 Å². The molecular formula is C15H12FN3O. The zero-order valence-corrected chi connectivity index (χ0v) is 10.6. The standard InChI is InChI=1S/C15H12FN3O/c16-13-7-6-11(17)9-12(13)15-18-14(19-20-15)8-10-4-2-1-3-5-10/h1-7,9H,8,17H2. The Bertz CT molecular complexity index is 725. The third kappa shape index (κ3) is 2.51. The van der Waals surface area contributed by atoms with Crippen LogP contribution in [0.1, 0.15) is 11.4 Å². The number of aromatic nitrogens is 2. The van der Waals surface area contributed by atoms with E-state index in [4.69, 9.17) is 10.3 Å². The minimum atomic E-state index is -0.436. The Morgan fingerprint density at radius 2 is 1.90 bits per heavy atom. The smallest absolute Gasteiger partial charge is 0.260 e. The van der Waals surface area contributed by atoms with Gasteiger partial charge < -0.3 is 10.3 Å². The summed E-state index contributed by atoms with van der Waals surface area (Å²) in [6.45, 7) is 0. The zero-order valence-electron chi connectivity index (χ0n) is 10.6. The van der Waals surface area contributed by atoms with E-state index in [0.29, 0.717) is 17.9 Å². The summed E-state index contributed by atoms with van der Waals surface area (Å²) in [4.78, 5) is 4.20. The highest BCUT2D eigenvalue weighted by Crippen LogP contribution is 2.23. The first-order valence-electron chi connectivity index (χ1n) is 6.14. The average molecular weight is 269 g/mol. The minimum Gasteiger partial charge on any atom is -0.399 e. The van der Waals surface area contributed by atoms with E-state index in [-0.39, 0.29) is 11.5 Å². The van der Waals surface area contributed by atoms with Crippen LogP contribution in [0, 0.1) is 5.82 Å². The van der Waals surface area contributed by atoms with Gasteiger partial charge in [0.15, 0.2) is 5.82 Å². The number of nitrogen functional groups attached to an aromatic ring is 1. The van der Waals surface area contributed by atoms with Crippen molar-refractivity contribution >= 4 is 5.69 Å². The number of hydrogen-bond acceptors (Lipinski definition) is 4.